The molecular formula is C13H16N4O2. The van der Waals surface area contributed by atoms with Crippen LogP contribution in [0.15, 0.2) is 24.3 Å². The molecule has 6 nitrogen and oxygen atoms in total. The normalized spacial score (nSPS) is 10.2. The summed E-state index contributed by atoms with van der Waals surface area (Å²) in [4.78, 5) is 12.2. The fraction of sp³-hybridized carbons (Fsp3) is 0.231. The Balaban J connectivity index is 2.27. The second-order valence-electron chi connectivity index (χ2n) is 4.04. The first-order valence-corrected chi connectivity index (χ1v) is 5.96. The number of hydrogen-bond acceptors (Lipinski definition) is 4. The first kappa shape index (κ1) is 12.9. The summed E-state index contributed by atoms with van der Waals surface area (Å²) < 4.78 is 5.41. The van der Waals surface area contributed by atoms with Crippen molar-refractivity contribution in [2.45, 2.75) is 13.8 Å². The number of amides is 1. The number of nitrogens with one attached hydrogen (secondary N) is 2. The Morgan fingerprint density at radius 2 is 2.32 bits per heavy atom. The molecule has 19 heavy (non-hydrogen) atoms. The first-order chi connectivity index (χ1) is 9.11. The zero-order valence-electron chi connectivity index (χ0n) is 10.9. The summed E-state index contributed by atoms with van der Waals surface area (Å²) in [5.74, 6) is 0.577. The molecule has 0 aliphatic carbocycles. The van der Waals surface area contributed by atoms with Gasteiger partial charge in [0, 0.05) is 17.4 Å². The van der Waals surface area contributed by atoms with Crippen LogP contribution in [0, 0.1) is 6.92 Å². The van der Waals surface area contributed by atoms with Crippen molar-refractivity contribution < 1.29 is 9.53 Å². The number of aromatic amines is 1. The maximum atomic E-state index is 12.2. The fourth-order valence-electron chi connectivity index (χ4n) is 1.73. The number of nitrogens with zero attached hydrogens (tertiary/aromatic N) is 1. The zero-order valence-corrected chi connectivity index (χ0v) is 10.9. The number of hydrogen-bond donors (Lipinski definition) is 3. The monoisotopic (exact) mass is 260 g/mol. The topological polar surface area (TPSA) is 93.0 Å². The summed E-state index contributed by atoms with van der Waals surface area (Å²) >= 11 is 0. The van der Waals surface area contributed by atoms with E-state index in [0.29, 0.717) is 29.4 Å². The summed E-state index contributed by atoms with van der Waals surface area (Å²) in [6.07, 6.45) is 0. The molecule has 0 atom stereocenters. The molecule has 1 aromatic carbocycles. The minimum Gasteiger partial charge on any atom is -0.493 e. The van der Waals surface area contributed by atoms with Gasteiger partial charge in [-0.2, -0.15) is 5.10 Å². The van der Waals surface area contributed by atoms with Crippen LogP contribution in [0.4, 0.5) is 11.5 Å². The van der Waals surface area contributed by atoms with Crippen LogP contribution in [0.1, 0.15) is 23.0 Å². The summed E-state index contributed by atoms with van der Waals surface area (Å²) in [6.45, 7) is 4.17. The standard InChI is InChI=1S/C13H16N4O2/c1-3-19-10-6-4-5-9(14)12(10)13(18)15-11-7-8(2)16-17-11/h4-7H,3,14H2,1-2H3,(H2,15,16,17,18). The minimum absolute atomic E-state index is 0.324. The Morgan fingerprint density at radius 3 is 2.95 bits per heavy atom. The molecule has 6 heteroatoms. The molecular weight excluding hydrogens is 244 g/mol. The molecule has 0 aliphatic heterocycles. The number of benzene rings is 1. The minimum atomic E-state index is -0.340. The molecule has 1 aromatic heterocycles. The number of carbonyl (C=O) groups excluding carboxylic acids is 1. The Bertz CT molecular complexity index is 592. The summed E-state index contributed by atoms with van der Waals surface area (Å²) in [6, 6.07) is 6.85. The van der Waals surface area contributed by atoms with E-state index in [2.05, 4.69) is 15.5 Å². The summed E-state index contributed by atoms with van der Waals surface area (Å²) in [5, 5.41) is 9.38. The van der Waals surface area contributed by atoms with E-state index in [1.807, 2.05) is 13.8 Å². The number of carbonyl (C=O) groups is 1. The molecule has 0 unspecified atom stereocenters. The Kier molecular flexibility index (Phi) is 3.70. The summed E-state index contributed by atoms with van der Waals surface area (Å²) in [5.41, 5.74) is 7.40. The van der Waals surface area contributed by atoms with Gasteiger partial charge in [-0.05, 0) is 26.0 Å². The molecule has 0 aliphatic rings. The van der Waals surface area contributed by atoms with Crippen LogP contribution < -0.4 is 15.8 Å². The van der Waals surface area contributed by atoms with E-state index >= 15 is 0 Å². The Morgan fingerprint density at radius 1 is 1.53 bits per heavy atom. The van der Waals surface area contributed by atoms with E-state index in [0.717, 1.165) is 5.69 Å². The van der Waals surface area contributed by atoms with Crippen molar-refractivity contribution >= 4 is 17.4 Å². The predicted molar refractivity (Wildman–Crippen MR) is 73.3 cm³/mol. The van der Waals surface area contributed by atoms with Gasteiger partial charge in [0.25, 0.3) is 5.91 Å². The molecule has 0 saturated heterocycles. The number of anilines is 2. The lowest BCUT2D eigenvalue weighted by Gasteiger charge is -2.11. The number of aryl methyl sites for hydroxylation is 1. The van der Waals surface area contributed by atoms with Crippen LogP contribution in [0.3, 0.4) is 0 Å². The SMILES string of the molecule is CCOc1cccc(N)c1C(=O)Nc1cc(C)[nH]n1. The molecule has 2 aromatic rings. The third-order valence-corrected chi connectivity index (χ3v) is 2.53. The number of H-pyrrole nitrogens is 1. The third kappa shape index (κ3) is 2.85. The molecule has 4 N–H and O–H groups in total. The van der Waals surface area contributed by atoms with Gasteiger partial charge in [-0.1, -0.05) is 6.07 Å². The molecule has 0 spiro atoms. The van der Waals surface area contributed by atoms with E-state index in [-0.39, 0.29) is 5.91 Å². The Hall–Kier alpha value is -2.50. The van der Waals surface area contributed by atoms with E-state index < -0.39 is 0 Å². The maximum Gasteiger partial charge on any atom is 0.262 e. The van der Waals surface area contributed by atoms with Crippen LogP contribution in [0.2, 0.25) is 0 Å². The molecule has 0 radical (unpaired) electrons. The number of nitrogens with two attached hydrogens (primary N) is 1. The van der Waals surface area contributed by atoms with Gasteiger partial charge in [-0.3, -0.25) is 9.89 Å². The first-order valence-electron chi connectivity index (χ1n) is 5.96. The van der Waals surface area contributed by atoms with Crippen LogP contribution in [-0.4, -0.2) is 22.7 Å². The lowest BCUT2D eigenvalue weighted by molar-refractivity contribution is 0.102. The van der Waals surface area contributed by atoms with E-state index in [1.165, 1.54) is 0 Å². The molecule has 0 saturated carbocycles. The number of nitrogen functional groups attached to an aromatic ring is 1. The highest BCUT2D eigenvalue weighted by molar-refractivity contribution is 6.09. The van der Waals surface area contributed by atoms with Crippen molar-refractivity contribution in [3.63, 3.8) is 0 Å². The number of ether oxygens (including phenoxy) is 1. The van der Waals surface area contributed by atoms with Gasteiger partial charge in [-0.15, -0.1) is 0 Å². The van der Waals surface area contributed by atoms with Gasteiger partial charge in [0.2, 0.25) is 0 Å². The molecule has 0 fully saturated rings. The second-order valence-corrected chi connectivity index (χ2v) is 4.04. The van der Waals surface area contributed by atoms with Crippen LogP contribution in [-0.2, 0) is 0 Å². The third-order valence-electron chi connectivity index (χ3n) is 2.53. The van der Waals surface area contributed by atoms with Gasteiger partial charge < -0.3 is 15.8 Å². The number of rotatable bonds is 4. The van der Waals surface area contributed by atoms with Crippen LogP contribution in [0.25, 0.3) is 0 Å². The van der Waals surface area contributed by atoms with Crippen molar-refractivity contribution in [1.82, 2.24) is 10.2 Å². The van der Waals surface area contributed by atoms with E-state index in [9.17, 15) is 4.79 Å². The molecule has 1 amide bonds. The number of aromatic nitrogens is 2. The average Bonchev–Trinajstić information content (AvgIpc) is 2.75. The average molecular weight is 260 g/mol. The lowest BCUT2D eigenvalue weighted by Crippen LogP contribution is -2.16. The molecule has 2 rings (SSSR count). The molecule has 100 valence electrons. The van der Waals surface area contributed by atoms with Crippen molar-refractivity contribution in [2.75, 3.05) is 17.7 Å². The lowest BCUT2D eigenvalue weighted by atomic mass is 10.1. The van der Waals surface area contributed by atoms with Crippen molar-refractivity contribution in [3.8, 4) is 5.75 Å². The largest absolute Gasteiger partial charge is 0.493 e. The highest BCUT2D eigenvalue weighted by Crippen LogP contribution is 2.25. The van der Waals surface area contributed by atoms with Gasteiger partial charge in [0.1, 0.15) is 11.3 Å². The van der Waals surface area contributed by atoms with E-state index in [4.69, 9.17) is 10.5 Å². The van der Waals surface area contributed by atoms with Crippen molar-refractivity contribution in [2.24, 2.45) is 0 Å². The van der Waals surface area contributed by atoms with Crippen molar-refractivity contribution in [3.05, 3.63) is 35.5 Å². The maximum absolute atomic E-state index is 12.2. The van der Waals surface area contributed by atoms with Gasteiger partial charge in [-0.25, -0.2) is 0 Å². The van der Waals surface area contributed by atoms with Gasteiger partial charge in [0.05, 0.1) is 6.61 Å². The van der Waals surface area contributed by atoms with E-state index in [1.54, 1.807) is 24.3 Å². The zero-order chi connectivity index (χ0) is 13.8. The molecule has 0 bridgehead atoms. The molecule has 1 heterocycles. The van der Waals surface area contributed by atoms with Gasteiger partial charge >= 0.3 is 0 Å². The Labute approximate surface area is 111 Å². The fourth-order valence-corrected chi connectivity index (χ4v) is 1.73. The highest BCUT2D eigenvalue weighted by Gasteiger charge is 2.17. The van der Waals surface area contributed by atoms with Crippen molar-refractivity contribution in [1.29, 1.82) is 0 Å². The smallest absolute Gasteiger partial charge is 0.262 e. The van der Waals surface area contributed by atoms with Crippen LogP contribution in [0.5, 0.6) is 5.75 Å². The predicted octanol–water partition coefficient (Wildman–Crippen LogP) is 1.95. The van der Waals surface area contributed by atoms with Crippen LogP contribution >= 0.6 is 0 Å². The quantitative estimate of drug-likeness (QED) is 0.732. The van der Waals surface area contributed by atoms with Gasteiger partial charge in [0.15, 0.2) is 5.82 Å². The second kappa shape index (κ2) is 5.43. The summed E-state index contributed by atoms with van der Waals surface area (Å²) in [7, 11) is 0. The highest BCUT2D eigenvalue weighted by atomic mass is 16.5.